The van der Waals surface area contributed by atoms with Gasteiger partial charge in [-0.15, -0.1) is 0 Å². The van der Waals surface area contributed by atoms with Gasteiger partial charge in [0.1, 0.15) is 18.1 Å². The summed E-state index contributed by atoms with van der Waals surface area (Å²) in [5, 5.41) is 6.34. The number of anilines is 1. The molecule has 1 aliphatic rings. The van der Waals surface area contributed by atoms with E-state index < -0.39 is 5.91 Å². The summed E-state index contributed by atoms with van der Waals surface area (Å²) < 4.78 is 10.4. The van der Waals surface area contributed by atoms with E-state index in [9.17, 15) is 9.59 Å². The lowest BCUT2D eigenvalue weighted by molar-refractivity contribution is 0.0796. The molecule has 7 nitrogen and oxygen atoms in total. The van der Waals surface area contributed by atoms with Crippen molar-refractivity contribution in [3.63, 3.8) is 0 Å². The van der Waals surface area contributed by atoms with Crippen LogP contribution in [0.3, 0.4) is 0 Å². The molecule has 0 atom stereocenters. The molecule has 0 unspecified atom stereocenters. The average molecular weight is 301 g/mol. The van der Waals surface area contributed by atoms with E-state index in [-0.39, 0.29) is 11.6 Å². The molecule has 1 aliphatic heterocycles. The number of nitrogens with zero attached hydrogens (tertiary/aromatic N) is 2. The third-order valence-electron chi connectivity index (χ3n) is 3.36. The quantitative estimate of drug-likeness (QED) is 0.912. The van der Waals surface area contributed by atoms with Crippen molar-refractivity contribution in [1.29, 1.82) is 0 Å². The number of likely N-dealkylation sites (N-methyl/N-ethyl adjacent to an activating group) is 1. The van der Waals surface area contributed by atoms with Crippen molar-refractivity contribution in [3.8, 4) is 5.75 Å². The second kappa shape index (κ2) is 5.51. The molecule has 22 heavy (non-hydrogen) atoms. The van der Waals surface area contributed by atoms with Crippen LogP contribution in [-0.2, 0) is 0 Å². The predicted octanol–water partition coefficient (Wildman–Crippen LogP) is 1.70. The first kappa shape index (κ1) is 14.1. The summed E-state index contributed by atoms with van der Waals surface area (Å²) in [4.78, 5) is 25.9. The Morgan fingerprint density at radius 1 is 1.36 bits per heavy atom. The zero-order chi connectivity index (χ0) is 15.7. The topological polar surface area (TPSA) is 84.7 Å². The van der Waals surface area contributed by atoms with E-state index in [1.54, 1.807) is 43.1 Å². The number of benzene rings is 1. The van der Waals surface area contributed by atoms with Gasteiger partial charge in [0, 0.05) is 18.8 Å². The highest BCUT2D eigenvalue weighted by atomic mass is 16.5. The van der Waals surface area contributed by atoms with Gasteiger partial charge in [-0.05, 0) is 25.1 Å². The van der Waals surface area contributed by atoms with Crippen LogP contribution >= 0.6 is 0 Å². The molecule has 0 radical (unpaired) electrons. The molecule has 0 spiro atoms. The highest BCUT2D eigenvalue weighted by molar-refractivity contribution is 6.04. The van der Waals surface area contributed by atoms with Crippen LogP contribution in [0.5, 0.6) is 5.75 Å². The molecule has 1 aromatic carbocycles. The Bertz CT molecular complexity index is 738. The van der Waals surface area contributed by atoms with Crippen molar-refractivity contribution < 1.29 is 18.8 Å². The van der Waals surface area contributed by atoms with Gasteiger partial charge in [0.2, 0.25) is 0 Å². The average Bonchev–Trinajstić information content (AvgIpc) is 2.88. The lowest BCUT2D eigenvalue weighted by Crippen LogP contribution is -2.27. The molecular formula is C15H15N3O4. The fraction of sp³-hybridized carbons (Fsp3) is 0.267. The lowest BCUT2D eigenvalue weighted by atomic mass is 10.1. The summed E-state index contributed by atoms with van der Waals surface area (Å²) in [6.45, 7) is 2.67. The van der Waals surface area contributed by atoms with Gasteiger partial charge in [-0.3, -0.25) is 9.59 Å². The molecule has 3 rings (SSSR count). The third kappa shape index (κ3) is 2.65. The van der Waals surface area contributed by atoms with Gasteiger partial charge in [-0.2, -0.15) is 0 Å². The largest absolute Gasteiger partial charge is 0.491 e. The fourth-order valence-electron chi connectivity index (χ4n) is 2.17. The van der Waals surface area contributed by atoms with Gasteiger partial charge in [0.25, 0.3) is 11.8 Å². The Kier molecular flexibility index (Phi) is 3.54. The number of rotatable bonds is 2. The van der Waals surface area contributed by atoms with Crippen molar-refractivity contribution in [2.45, 2.75) is 6.92 Å². The number of hydrogen-bond acceptors (Lipinski definition) is 5. The normalized spacial score (nSPS) is 14.1. The summed E-state index contributed by atoms with van der Waals surface area (Å²) in [5.74, 6) is 0.537. The maximum absolute atomic E-state index is 12.3. The molecule has 1 N–H and O–H groups in total. The molecule has 0 saturated heterocycles. The summed E-state index contributed by atoms with van der Waals surface area (Å²) >= 11 is 0. The van der Waals surface area contributed by atoms with E-state index in [0.29, 0.717) is 35.9 Å². The first-order chi connectivity index (χ1) is 10.5. The summed E-state index contributed by atoms with van der Waals surface area (Å²) in [7, 11) is 1.71. The maximum Gasteiger partial charge on any atom is 0.277 e. The number of amides is 2. The summed E-state index contributed by atoms with van der Waals surface area (Å²) in [5.41, 5.74) is 1.11. The van der Waals surface area contributed by atoms with Crippen LogP contribution < -0.4 is 10.1 Å². The molecular weight excluding hydrogens is 286 g/mol. The van der Waals surface area contributed by atoms with Crippen molar-refractivity contribution in [1.82, 2.24) is 10.1 Å². The molecule has 114 valence electrons. The van der Waals surface area contributed by atoms with E-state index in [1.165, 1.54) is 0 Å². The van der Waals surface area contributed by atoms with Crippen molar-refractivity contribution in [2.75, 3.05) is 25.5 Å². The zero-order valence-corrected chi connectivity index (χ0v) is 12.3. The molecule has 0 saturated carbocycles. The van der Waals surface area contributed by atoms with E-state index in [0.717, 1.165) is 0 Å². The number of carbonyl (C=O) groups is 2. The van der Waals surface area contributed by atoms with Crippen LogP contribution in [0.1, 0.15) is 26.6 Å². The standard InChI is InChI=1S/C15H15N3O4/c1-9-7-12(17-22-9)14(19)16-10-3-4-13-11(8-10)15(20)18(2)5-6-21-13/h3-4,7-8H,5-6H2,1-2H3,(H,16,19). The minimum atomic E-state index is -0.396. The van der Waals surface area contributed by atoms with E-state index >= 15 is 0 Å². The Balaban J connectivity index is 1.85. The number of carbonyl (C=O) groups excluding carboxylic acids is 2. The lowest BCUT2D eigenvalue weighted by Gasteiger charge is -2.13. The van der Waals surface area contributed by atoms with Crippen LogP contribution in [0.15, 0.2) is 28.8 Å². The van der Waals surface area contributed by atoms with Crippen LogP contribution in [0.2, 0.25) is 0 Å². The minimum Gasteiger partial charge on any atom is -0.491 e. The van der Waals surface area contributed by atoms with Crippen LogP contribution in [0.4, 0.5) is 5.69 Å². The highest BCUT2D eigenvalue weighted by Gasteiger charge is 2.21. The van der Waals surface area contributed by atoms with Gasteiger partial charge < -0.3 is 19.5 Å². The van der Waals surface area contributed by atoms with E-state index in [2.05, 4.69) is 10.5 Å². The second-order valence-electron chi connectivity index (χ2n) is 5.06. The number of nitrogens with one attached hydrogen (secondary N) is 1. The Morgan fingerprint density at radius 2 is 2.18 bits per heavy atom. The van der Waals surface area contributed by atoms with Crippen LogP contribution in [0, 0.1) is 6.92 Å². The van der Waals surface area contributed by atoms with Gasteiger partial charge >= 0.3 is 0 Å². The maximum atomic E-state index is 12.3. The first-order valence-corrected chi connectivity index (χ1v) is 6.81. The monoisotopic (exact) mass is 301 g/mol. The number of ether oxygens (including phenoxy) is 1. The molecule has 2 heterocycles. The van der Waals surface area contributed by atoms with Crippen molar-refractivity contribution in [3.05, 3.63) is 41.3 Å². The van der Waals surface area contributed by atoms with Crippen molar-refractivity contribution in [2.24, 2.45) is 0 Å². The van der Waals surface area contributed by atoms with E-state index in [4.69, 9.17) is 9.26 Å². The number of aromatic nitrogens is 1. The number of hydrogen-bond donors (Lipinski definition) is 1. The molecule has 0 bridgehead atoms. The Labute approximate surface area is 126 Å². The van der Waals surface area contributed by atoms with Crippen molar-refractivity contribution >= 4 is 17.5 Å². The van der Waals surface area contributed by atoms with Gasteiger partial charge in [0.05, 0.1) is 12.1 Å². The van der Waals surface area contributed by atoms with Gasteiger partial charge in [0.15, 0.2) is 5.69 Å². The van der Waals surface area contributed by atoms with Gasteiger partial charge in [-0.25, -0.2) is 0 Å². The van der Waals surface area contributed by atoms with E-state index in [1.807, 2.05) is 0 Å². The SMILES string of the molecule is Cc1cc(C(=O)Nc2ccc3c(c2)C(=O)N(C)CCO3)no1. The fourth-order valence-corrected chi connectivity index (χ4v) is 2.17. The summed E-state index contributed by atoms with van der Waals surface area (Å²) in [6.07, 6.45) is 0. The second-order valence-corrected chi connectivity index (χ2v) is 5.06. The Morgan fingerprint density at radius 3 is 2.91 bits per heavy atom. The molecule has 0 fully saturated rings. The van der Waals surface area contributed by atoms with Crippen LogP contribution in [-0.4, -0.2) is 42.1 Å². The smallest absolute Gasteiger partial charge is 0.277 e. The minimum absolute atomic E-state index is 0.138. The first-order valence-electron chi connectivity index (χ1n) is 6.81. The third-order valence-corrected chi connectivity index (χ3v) is 3.36. The van der Waals surface area contributed by atoms with Gasteiger partial charge in [-0.1, -0.05) is 5.16 Å². The molecule has 2 amide bonds. The number of aryl methyl sites for hydroxylation is 1. The zero-order valence-electron chi connectivity index (χ0n) is 12.3. The predicted molar refractivity (Wildman–Crippen MR) is 78.1 cm³/mol. The molecule has 7 heteroatoms. The highest BCUT2D eigenvalue weighted by Crippen LogP contribution is 2.26. The van der Waals surface area contributed by atoms with Crippen LogP contribution in [0.25, 0.3) is 0 Å². The molecule has 0 aliphatic carbocycles. The summed E-state index contributed by atoms with van der Waals surface area (Å²) in [6, 6.07) is 6.50. The molecule has 1 aromatic heterocycles. The number of fused-ring (bicyclic) bond motifs is 1. The Hall–Kier alpha value is -2.83. The molecule has 2 aromatic rings.